The van der Waals surface area contributed by atoms with Gasteiger partial charge in [0.15, 0.2) is 0 Å². The summed E-state index contributed by atoms with van der Waals surface area (Å²) in [7, 11) is 3.64. The molecule has 0 radical (unpaired) electrons. The highest BCUT2D eigenvalue weighted by molar-refractivity contribution is 8.01. The summed E-state index contributed by atoms with van der Waals surface area (Å²) in [5.74, 6) is 1.09. The molecule has 3 rings (SSSR count). The van der Waals surface area contributed by atoms with E-state index in [2.05, 4.69) is 4.98 Å². The number of amides is 1. The van der Waals surface area contributed by atoms with Crippen LogP contribution >= 0.6 is 11.8 Å². The van der Waals surface area contributed by atoms with Crippen molar-refractivity contribution in [3.63, 3.8) is 0 Å². The lowest BCUT2D eigenvalue weighted by Crippen LogP contribution is -2.60. The number of hydrogen-bond acceptors (Lipinski definition) is 4. The number of ether oxygens (including phenoxy) is 1. The Labute approximate surface area is 111 Å². The molecule has 1 atom stereocenters. The molecule has 1 aromatic heterocycles. The fourth-order valence-corrected chi connectivity index (χ4v) is 4.24. The van der Waals surface area contributed by atoms with E-state index in [0.29, 0.717) is 11.8 Å². The van der Waals surface area contributed by atoms with E-state index in [4.69, 9.17) is 4.74 Å². The Kier molecular flexibility index (Phi) is 2.86. The van der Waals surface area contributed by atoms with Crippen LogP contribution < -0.4 is 0 Å². The lowest BCUT2D eigenvalue weighted by molar-refractivity contribution is 0.0447. The number of carbonyl (C=O) groups excluding carboxylic acids is 1. The molecular formula is C12H17N3O2S. The first-order valence-electron chi connectivity index (χ1n) is 6.06. The van der Waals surface area contributed by atoms with E-state index in [1.165, 1.54) is 0 Å². The molecule has 0 saturated carbocycles. The summed E-state index contributed by atoms with van der Waals surface area (Å²) in [6.07, 6.45) is 4.84. The number of methoxy groups -OCH3 is 1. The molecule has 98 valence electrons. The summed E-state index contributed by atoms with van der Waals surface area (Å²) >= 11 is 1.94. The second kappa shape index (κ2) is 4.28. The maximum absolute atomic E-state index is 12.1. The molecular weight excluding hydrogens is 250 g/mol. The van der Waals surface area contributed by atoms with E-state index in [9.17, 15) is 4.79 Å². The van der Waals surface area contributed by atoms with Crippen molar-refractivity contribution in [1.82, 2.24) is 14.5 Å². The highest BCUT2D eigenvalue weighted by Crippen LogP contribution is 2.46. The van der Waals surface area contributed by atoms with Gasteiger partial charge < -0.3 is 14.2 Å². The average molecular weight is 267 g/mol. The molecule has 1 spiro atoms. The molecule has 0 aromatic carbocycles. The Bertz CT molecular complexity index is 468. The second-order valence-corrected chi connectivity index (χ2v) is 6.63. The van der Waals surface area contributed by atoms with Crippen LogP contribution in [0.1, 0.15) is 16.9 Å². The summed E-state index contributed by atoms with van der Waals surface area (Å²) in [5.41, 5.74) is 0.540. The molecule has 1 aromatic rings. The zero-order valence-corrected chi connectivity index (χ0v) is 11.4. The quantitative estimate of drug-likeness (QED) is 0.794. The molecule has 2 aliphatic rings. The van der Waals surface area contributed by atoms with Crippen molar-refractivity contribution < 1.29 is 9.53 Å². The van der Waals surface area contributed by atoms with Crippen molar-refractivity contribution in [2.45, 2.75) is 17.3 Å². The Morgan fingerprint density at radius 1 is 1.61 bits per heavy atom. The lowest BCUT2D eigenvalue weighted by Gasteiger charge is -2.47. The molecule has 1 unspecified atom stereocenters. The van der Waals surface area contributed by atoms with Gasteiger partial charge in [0, 0.05) is 39.2 Å². The Morgan fingerprint density at radius 3 is 2.94 bits per heavy atom. The normalized spacial score (nSPS) is 25.4. The molecule has 18 heavy (non-hydrogen) atoms. The monoisotopic (exact) mass is 267 g/mol. The van der Waals surface area contributed by atoms with Crippen LogP contribution in [-0.4, -0.2) is 57.2 Å². The minimum atomic E-state index is 0.0442. The van der Waals surface area contributed by atoms with Gasteiger partial charge in [0.2, 0.25) is 0 Å². The van der Waals surface area contributed by atoms with Crippen molar-refractivity contribution in [1.29, 1.82) is 0 Å². The maximum atomic E-state index is 12.1. The minimum Gasteiger partial charge on any atom is -0.381 e. The predicted molar refractivity (Wildman–Crippen MR) is 69.7 cm³/mol. The van der Waals surface area contributed by atoms with E-state index < -0.39 is 0 Å². The topological polar surface area (TPSA) is 47.4 Å². The first-order chi connectivity index (χ1) is 8.62. The molecule has 6 heteroatoms. The van der Waals surface area contributed by atoms with Crippen LogP contribution in [0.25, 0.3) is 0 Å². The third-order valence-corrected chi connectivity index (χ3v) is 5.25. The molecule has 2 fully saturated rings. The van der Waals surface area contributed by atoms with E-state index in [1.807, 2.05) is 23.7 Å². The summed E-state index contributed by atoms with van der Waals surface area (Å²) < 4.78 is 7.43. The largest absolute Gasteiger partial charge is 0.381 e. The van der Waals surface area contributed by atoms with Crippen LogP contribution in [0.4, 0.5) is 0 Å². The van der Waals surface area contributed by atoms with Crippen molar-refractivity contribution >= 4 is 17.7 Å². The number of imidazole rings is 1. The first-order valence-corrected chi connectivity index (χ1v) is 7.04. The van der Waals surface area contributed by atoms with Gasteiger partial charge in [-0.15, -0.1) is 11.8 Å². The van der Waals surface area contributed by atoms with Crippen molar-refractivity contribution in [2.75, 3.05) is 26.0 Å². The van der Waals surface area contributed by atoms with Gasteiger partial charge in [-0.1, -0.05) is 0 Å². The van der Waals surface area contributed by atoms with Crippen molar-refractivity contribution in [3.05, 3.63) is 18.2 Å². The van der Waals surface area contributed by atoms with Crippen molar-refractivity contribution in [3.8, 4) is 0 Å². The zero-order chi connectivity index (χ0) is 12.8. The second-order valence-electron chi connectivity index (χ2n) is 5.14. The van der Waals surface area contributed by atoms with Crippen molar-refractivity contribution in [2.24, 2.45) is 7.05 Å². The van der Waals surface area contributed by atoms with Gasteiger partial charge in [-0.25, -0.2) is 4.98 Å². The van der Waals surface area contributed by atoms with E-state index in [1.54, 1.807) is 24.2 Å². The average Bonchev–Trinajstić information content (AvgIpc) is 2.92. The highest BCUT2D eigenvalue weighted by atomic mass is 32.2. The molecule has 2 saturated heterocycles. The smallest absolute Gasteiger partial charge is 0.274 e. The fourth-order valence-electron chi connectivity index (χ4n) is 2.65. The van der Waals surface area contributed by atoms with Crippen LogP contribution in [0.15, 0.2) is 12.5 Å². The van der Waals surface area contributed by atoms with Crippen LogP contribution in [0.3, 0.4) is 0 Å². The summed E-state index contributed by atoms with van der Waals surface area (Å²) in [5, 5.41) is 0. The van der Waals surface area contributed by atoms with Crippen LogP contribution in [-0.2, 0) is 11.8 Å². The van der Waals surface area contributed by atoms with Crippen LogP contribution in [0.2, 0.25) is 0 Å². The first kappa shape index (κ1) is 12.0. The van der Waals surface area contributed by atoms with E-state index in [0.717, 1.165) is 25.3 Å². The van der Waals surface area contributed by atoms with Gasteiger partial charge in [-0.05, 0) is 6.42 Å². The van der Waals surface area contributed by atoms with Gasteiger partial charge in [-0.3, -0.25) is 4.79 Å². The Balaban J connectivity index is 1.61. The summed E-state index contributed by atoms with van der Waals surface area (Å²) in [6.45, 7) is 1.65. The van der Waals surface area contributed by atoms with Crippen LogP contribution in [0.5, 0.6) is 0 Å². The molecule has 0 aliphatic carbocycles. The molecule has 3 heterocycles. The predicted octanol–water partition coefficient (Wildman–Crippen LogP) is 0.767. The third kappa shape index (κ3) is 1.93. The van der Waals surface area contributed by atoms with Gasteiger partial charge in [-0.2, -0.15) is 0 Å². The Morgan fingerprint density at radius 2 is 2.39 bits per heavy atom. The molecule has 0 bridgehead atoms. The summed E-state index contributed by atoms with van der Waals surface area (Å²) in [6, 6.07) is 0. The summed E-state index contributed by atoms with van der Waals surface area (Å²) in [4.78, 5) is 18.1. The lowest BCUT2D eigenvalue weighted by atomic mass is 9.92. The maximum Gasteiger partial charge on any atom is 0.274 e. The SMILES string of the molecule is COC1CSC2(C1)CN(C(=O)c1cn(C)cn1)C2. The van der Waals surface area contributed by atoms with E-state index in [-0.39, 0.29) is 10.7 Å². The van der Waals surface area contributed by atoms with Crippen LogP contribution in [0, 0.1) is 0 Å². The number of hydrogen-bond donors (Lipinski definition) is 0. The number of thioether (sulfide) groups is 1. The van der Waals surface area contributed by atoms with E-state index >= 15 is 0 Å². The third-order valence-electron chi connectivity index (χ3n) is 3.68. The van der Waals surface area contributed by atoms with Gasteiger partial charge in [0.1, 0.15) is 5.69 Å². The van der Waals surface area contributed by atoms with Gasteiger partial charge in [0.25, 0.3) is 5.91 Å². The fraction of sp³-hybridized carbons (Fsp3) is 0.667. The Hall–Kier alpha value is -1.01. The number of rotatable bonds is 2. The number of likely N-dealkylation sites (tertiary alicyclic amines) is 1. The number of carbonyl (C=O) groups is 1. The molecule has 2 aliphatic heterocycles. The minimum absolute atomic E-state index is 0.0442. The number of nitrogens with zero attached hydrogens (tertiary/aromatic N) is 3. The molecule has 5 nitrogen and oxygen atoms in total. The van der Waals surface area contributed by atoms with Gasteiger partial charge in [0.05, 0.1) is 17.2 Å². The standard InChI is InChI=1S/C12H17N3O2S/c1-14-4-10(13-8-14)11(16)15-6-12(7-15)3-9(17-2)5-18-12/h4,8-9H,3,5-7H2,1-2H3. The number of aryl methyl sites for hydroxylation is 1. The number of aromatic nitrogens is 2. The molecule has 0 N–H and O–H groups in total. The zero-order valence-electron chi connectivity index (χ0n) is 10.6. The van der Waals surface area contributed by atoms with Gasteiger partial charge >= 0.3 is 0 Å². The highest BCUT2D eigenvalue weighted by Gasteiger charge is 2.51. The molecule has 1 amide bonds.